The van der Waals surface area contributed by atoms with Crippen LogP contribution < -0.4 is 0 Å². The molecule has 1 saturated heterocycles. The number of piperazine rings is 1. The first-order valence-electron chi connectivity index (χ1n) is 14.0. The van der Waals surface area contributed by atoms with E-state index in [9.17, 15) is 19.7 Å². The number of hydrogen-bond acceptors (Lipinski definition) is 7. The van der Waals surface area contributed by atoms with Crippen LogP contribution in [0.5, 0.6) is 0 Å². The Morgan fingerprint density at radius 3 is 2.51 bits per heavy atom. The van der Waals surface area contributed by atoms with Crippen molar-refractivity contribution in [3.63, 3.8) is 0 Å². The Bertz CT molecular complexity index is 1650. The minimum absolute atomic E-state index is 0.0341. The summed E-state index contributed by atoms with van der Waals surface area (Å²) in [4.78, 5) is 40.5. The molecule has 222 valence electrons. The molecular weight excluding hydrogens is 588 g/mol. The van der Waals surface area contributed by atoms with E-state index < -0.39 is 4.92 Å². The van der Waals surface area contributed by atoms with Crippen molar-refractivity contribution in [1.82, 2.24) is 24.6 Å². The van der Waals surface area contributed by atoms with Crippen LogP contribution >= 0.6 is 23.4 Å². The number of hydrogen-bond donors (Lipinski definition) is 0. The van der Waals surface area contributed by atoms with E-state index in [0.717, 1.165) is 11.3 Å². The van der Waals surface area contributed by atoms with Crippen LogP contribution in [0.15, 0.2) is 78.0 Å². The summed E-state index contributed by atoms with van der Waals surface area (Å²) in [5.41, 5.74) is 2.41. The lowest BCUT2D eigenvalue weighted by Gasteiger charge is -2.40. The summed E-state index contributed by atoms with van der Waals surface area (Å²) in [6.07, 6.45) is 1.02. The molecular formula is C31H31ClN6O4S. The van der Waals surface area contributed by atoms with Gasteiger partial charge in [-0.2, -0.15) is 0 Å². The lowest BCUT2D eigenvalue weighted by molar-refractivity contribution is -0.385. The van der Waals surface area contributed by atoms with Crippen molar-refractivity contribution >= 4 is 40.9 Å². The van der Waals surface area contributed by atoms with E-state index in [1.807, 2.05) is 66.1 Å². The van der Waals surface area contributed by atoms with Crippen LogP contribution in [0.1, 0.15) is 35.7 Å². The van der Waals surface area contributed by atoms with Crippen LogP contribution in [-0.2, 0) is 4.79 Å². The van der Waals surface area contributed by atoms with Gasteiger partial charge in [-0.15, -0.1) is 10.2 Å². The van der Waals surface area contributed by atoms with E-state index in [0.29, 0.717) is 59.8 Å². The zero-order valence-electron chi connectivity index (χ0n) is 23.9. The van der Waals surface area contributed by atoms with E-state index in [-0.39, 0.29) is 29.1 Å². The number of nitrogens with zero attached hydrogens (tertiary/aromatic N) is 6. The van der Waals surface area contributed by atoms with Crippen LogP contribution in [-0.4, -0.2) is 72.7 Å². The lowest BCUT2D eigenvalue weighted by Crippen LogP contribution is -2.55. The minimum Gasteiger partial charge on any atom is -0.339 e. The number of carbonyl (C=O) groups excluding carboxylic acids is 2. The van der Waals surface area contributed by atoms with E-state index in [4.69, 9.17) is 11.6 Å². The van der Waals surface area contributed by atoms with Crippen LogP contribution in [0.3, 0.4) is 0 Å². The normalized spacial score (nSPS) is 15.0. The Morgan fingerprint density at radius 2 is 1.79 bits per heavy atom. The molecule has 10 nitrogen and oxygen atoms in total. The molecule has 43 heavy (non-hydrogen) atoms. The van der Waals surface area contributed by atoms with Gasteiger partial charge in [0.2, 0.25) is 5.91 Å². The van der Waals surface area contributed by atoms with Crippen molar-refractivity contribution in [1.29, 1.82) is 0 Å². The van der Waals surface area contributed by atoms with Crippen molar-refractivity contribution in [3.8, 4) is 17.1 Å². The first kappa shape index (κ1) is 30.2. The molecule has 0 radical (unpaired) electrons. The molecule has 1 unspecified atom stereocenters. The van der Waals surface area contributed by atoms with Gasteiger partial charge in [0.05, 0.1) is 9.95 Å². The molecule has 0 bridgehead atoms. The highest BCUT2D eigenvalue weighted by molar-refractivity contribution is 7.99. The zero-order valence-corrected chi connectivity index (χ0v) is 25.4. The fourth-order valence-corrected chi connectivity index (χ4v) is 6.24. The third kappa shape index (κ3) is 6.73. The predicted molar refractivity (Wildman–Crippen MR) is 167 cm³/mol. The number of amides is 2. The van der Waals surface area contributed by atoms with E-state index in [1.165, 1.54) is 17.8 Å². The molecule has 5 rings (SSSR count). The van der Waals surface area contributed by atoms with Gasteiger partial charge in [-0.3, -0.25) is 24.3 Å². The Hall–Kier alpha value is -4.22. The molecule has 1 aromatic heterocycles. The fraction of sp³-hybridized carbons (Fsp3) is 0.290. The van der Waals surface area contributed by atoms with Gasteiger partial charge in [0, 0.05) is 66.3 Å². The van der Waals surface area contributed by atoms with Crippen molar-refractivity contribution in [2.24, 2.45) is 0 Å². The number of aryl methyl sites for hydroxylation is 1. The summed E-state index contributed by atoms with van der Waals surface area (Å²) < 4.78 is 1.98. The lowest BCUT2D eigenvalue weighted by atomic mass is 10.1. The first-order chi connectivity index (χ1) is 20.7. The number of carbonyl (C=O) groups is 2. The van der Waals surface area contributed by atoms with Crippen LogP contribution in [0.4, 0.5) is 5.69 Å². The summed E-state index contributed by atoms with van der Waals surface area (Å²) in [5, 5.41) is 21.5. The number of halogens is 1. The number of benzene rings is 3. The summed E-state index contributed by atoms with van der Waals surface area (Å²) in [6, 6.07) is 21.7. The van der Waals surface area contributed by atoms with Gasteiger partial charge in [0.1, 0.15) is 0 Å². The molecule has 4 aromatic rings. The number of nitro benzene ring substituents is 1. The van der Waals surface area contributed by atoms with Crippen molar-refractivity contribution in [2.45, 2.75) is 37.9 Å². The van der Waals surface area contributed by atoms with Gasteiger partial charge in [-0.25, -0.2) is 0 Å². The summed E-state index contributed by atoms with van der Waals surface area (Å²) in [5.74, 6) is 1.08. The van der Waals surface area contributed by atoms with E-state index in [2.05, 4.69) is 10.2 Å². The SMILES string of the molecule is Cc1ccc(C(=O)N2CCN(C(=O)CCCSc3nnc(-c4ccccc4Cl)n3-c3ccccc3)CC2C)cc1[N+](=O)[O-]. The van der Waals surface area contributed by atoms with Gasteiger partial charge in [-0.1, -0.05) is 59.8 Å². The molecule has 0 N–H and O–H groups in total. The average Bonchev–Trinajstić information content (AvgIpc) is 3.43. The Labute approximate surface area is 258 Å². The minimum atomic E-state index is -0.478. The smallest absolute Gasteiger partial charge is 0.273 e. The quantitative estimate of drug-likeness (QED) is 0.0971. The standard InChI is InChI=1S/C31H31ClN6O4S/c1-21-14-15-23(19-27(21)38(41)42)30(40)36-17-16-35(20-22(36)2)28(39)13-8-18-43-31-34-33-29(25-11-6-7-12-26(25)32)37(31)24-9-4-3-5-10-24/h3-7,9-12,14-15,19,22H,8,13,16-18,20H2,1-2H3. The van der Waals surface area contributed by atoms with Gasteiger partial charge < -0.3 is 9.80 Å². The largest absolute Gasteiger partial charge is 0.339 e. The fourth-order valence-electron chi connectivity index (χ4n) is 5.13. The summed E-state index contributed by atoms with van der Waals surface area (Å²) in [6.45, 7) is 4.73. The highest BCUT2D eigenvalue weighted by atomic mass is 35.5. The molecule has 0 aliphatic carbocycles. The molecule has 3 aromatic carbocycles. The van der Waals surface area contributed by atoms with Crippen LogP contribution in [0.2, 0.25) is 5.02 Å². The van der Waals surface area contributed by atoms with Crippen molar-refractivity contribution < 1.29 is 14.5 Å². The maximum Gasteiger partial charge on any atom is 0.273 e. The van der Waals surface area contributed by atoms with Crippen LogP contribution in [0.25, 0.3) is 17.1 Å². The number of rotatable bonds is 9. The van der Waals surface area contributed by atoms with Gasteiger partial charge in [-0.05, 0) is 50.6 Å². The Kier molecular flexibility index (Phi) is 9.42. The number of nitro groups is 1. The monoisotopic (exact) mass is 618 g/mol. The highest BCUT2D eigenvalue weighted by Crippen LogP contribution is 2.32. The molecule has 2 amide bonds. The molecule has 1 atom stereocenters. The molecule has 1 aliphatic heterocycles. The zero-order chi connectivity index (χ0) is 30.5. The van der Waals surface area contributed by atoms with Gasteiger partial charge in [0.25, 0.3) is 11.6 Å². The third-order valence-corrected chi connectivity index (χ3v) is 8.77. The topological polar surface area (TPSA) is 114 Å². The molecule has 0 spiro atoms. The molecule has 1 fully saturated rings. The Balaban J connectivity index is 1.18. The molecule has 1 aliphatic rings. The van der Waals surface area contributed by atoms with E-state index >= 15 is 0 Å². The van der Waals surface area contributed by atoms with Gasteiger partial charge in [0.15, 0.2) is 11.0 Å². The second-order valence-electron chi connectivity index (χ2n) is 10.4. The summed E-state index contributed by atoms with van der Waals surface area (Å²) >= 11 is 8.01. The summed E-state index contributed by atoms with van der Waals surface area (Å²) in [7, 11) is 0. The number of para-hydroxylation sites is 1. The highest BCUT2D eigenvalue weighted by Gasteiger charge is 2.31. The molecule has 2 heterocycles. The molecule has 12 heteroatoms. The average molecular weight is 619 g/mol. The van der Waals surface area contributed by atoms with E-state index in [1.54, 1.807) is 28.9 Å². The molecule has 0 saturated carbocycles. The van der Waals surface area contributed by atoms with Crippen molar-refractivity contribution in [2.75, 3.05) is 25.4 Å². The second kappa shape index (κ2) is 13.4. The predicted octanol–water partition coefficient (Wildman–Crippen LogP) is 6.05. The first-order valence-corrected chi connectivity index (χ1v) is 15.3. The van der Waals surface area contributed by atoms with Crippen molar-refractivity contribution in [3.05, 3.63) is 99.1 Å². The number of aromatic nitrogens is 3. The number of thioether (sulfide) groups is 1. The maximum absolute atomic E-state index is 13.1. The Morgan fingerprint density at radius 1 is 1.05 bits per heavy atom. The maximum atomic E-state index is 13.1. The third-order valence-electron chi connectivity index (χ3n) is 7.42. The van der Waals surface area contributed by atoms with Crippen LogP contribution in [0, 0.1) is 17.0 Å². The second-order valence-corrected chi connectivity index (χ2v) is 11.8. The van der Waals surface area contributed by atoms with Gasteiger partial charge >= 0.3 is 0 Å².